The van der Waals surface area contributed by atoms with Gasteiger partial charge in [-0.1, -0.05) is 36.4 Å². The molecule has 2 heterocycles. The summed E-state index contributed by atoms with van der Waals surface area (Å²) in [5, 5.41) is 12.6. The van der Waals surface area contributed by atoms with Crippen LogP contribution in [0.3, 0.4) is 0 Å². The quantitative estimate of drug-likeness (QED) is 0.797. The molecular formula is C25H26FN3O3. The minimum Gasteiger partial charge on any atom is -0.502 e. The van der Waals surface area contributed by atoms with Gasteiger partial charge in [0.25, 0.3) is 5.91 Å². The Morgan fingerprint density at radius 2 is 1.94 bits per heavy atom. The standard InChI is InChI=1S/C25H26FN3O3/c26-13-5-14-27-16-29(28-15-12-21(30)24(31)23(28)25(27)32)22-19-8-3-1-6-17(19)10-11-18-7-2-4-9-20(18)22/h1-3,6-8,12,15,22,31H,4-5,9-11,13-14,16H2. The predicted molar refractivity (Wildman–Crippen MR) is 120 cm³/mol. The van der Waals surface area contributed by atoms with Gasteiger partial charge in [-0.3, -0.25) is 23.7 Å². The number of aromatic hydroxyl groups is 1. The third-order valence-electron chi connectivity index (χ3n) is 6.65. The van der Waals surface area contributed by atoms with Gasteiger partial charge >= 0.3 is 0 Å². The summed E-state index contributed by atoms with van der Waals surface area (Å²) in [6, 6.07) is 9.46. The summed E-state index contributed by atoms with van der Waals surface area (Å²) in [7, 11) is 0. The van der Waals surface area contributed by atoms with Gasteiger partial charge in [0.15, 0.2) is 11.4 Å². The maximum atomic E-state index is 13.2. The molecule has 0 saturated carbocycles. The monoisotopic (exact) mass is 435 g/mol. The van der Waals surface area contributed by atoms with Crippen molar-refractivity contribution in [3.05, 3.63) is 86.9 Å². The molecule has 2 aliphatic carbocycles. The molecule has 6 nitrogen and oxygen atoms in total. The van der Waals surface area contributed by atoms with E-state index in [1.165, 1.54) is 27.7 Å². The van der Waals surface area contributed by atoms with Crippen molar-refractivity contribution in [1.29, 1.82) is 0 Å². The number of halogens is 1. The number of amides is 1. The third kappa shape index (κ3) is 3.32. The number of benzene rings is 1. The molecule has 3 aliphatic rings. The lowest BCUT2D eigenvalue weighted by molar-refractivity contribution is 0.0673. The fourth-order valence-corrected chi connectivity index (χ4v) is 5.13. The SMILES string of the molecule is O=C1c2c(O)c(=O)ccn2N(C2C3=C(C=CCC3)CCc3ccccc32)CN1CCCF. The van der Waals surface area contributed by atoms with Gasteiger partial charge in [-0.25, -0.2) is 0 Å². The molecule has 1 aliphatic heterocycles. The molecular weight excluding hydrogens is 409 g/mol. The van der Waals surface area contributed by atoms with Crippen LogP contribution in [0.4, 0.5) is 4.39 Å². The highest BCUT2D eigenvalue weighted by Gasteiger charge is 2.38. The molecule has 0 radical (unpaired) electrons. The Morgan fingerprint density at radius 3 is 2.78 bits per heavy atom. The normalized spacial score (nSPS) is 20.0. The number of alkyl halides is 1. The highest BCUT2D eigenvalue weighted by molar-refractivity contribution is 5.96. The lowest BCUT2D eigenvalue weighted by Gasteiger charge is -2.45. The Labute approximate surface area is 185 Å². The number of hydrogen-bond donors (Lipinski definition) is 1. The van der Waals surface area contributed by atoms with Crippen molar-refractivity contribution in [2.75, 3.05) is 24.9 Å². The molecule has 0 spiro atoms. The maximum absolute atomic E-state index is 13.2. The zero-order valence-electron chi connectivity index (χ0n) is 17.8. The Balaban J connectivity index is 1.72. The molecule has 1 atom stereocenters. The number of aromatic nitrogens is 1. The fourth-order valence-electron chi connectivity index (χ4n) is 5.13. The van der Waals surface area contributed by atoms with E-state index in [9.17, 15) is 19.1 Å². The van der Waals surface area contributed by atoms with Gasteiger partial charge in [0.05, 0.1) is 12.7 Å². The summed E-state index contributed by atoms with van der Waals surface area (Å²) >= 11 is 0. The first-order valence-corrected chi connectivity index (χ1v) is 11.1. The Kier molecular flexibility index (Phi) is 5.33. The van der Waals surface area contributed by atoms with E-state index in [0.29, 0.717) is 0 Å². The molecule has 0 saturated heterocycles. The second-order valence-electron chi connectivity index (χ2n) is 8.51. The molecule has 1 N–H and O–H groups in total. The van der Waals surface area contributed by atoms with E-state index in [0.717, 1.165) is 31.2 Å². The average Bonchev–Trinajstić information content (AvgIpc) is 2.98. The van der Waals surface area contributed by atoms with E-state index in [4.69, 9.17) is 0 Å². The highest BCUT2D eigenvalue weighted by Crippen LogP contribution is 2.42. The summed E-state index contributed by atoms with van der Waals surface area (Å²) in [4.78, 5) is 26.9. The summed E-state index contributed by atoms with van der Waals surface area (Å²) in [6.45, 7) is -0.0775. The maximum Gasteiger partial charge on any atom is 0.277 e. The van der Waals surface area contributed by atoms with Gasteiger partial charge in [-0.05, 0) is 54.4 Å². The predicted octanol–water partition coefficient (Wildman–Crippen LogP) is 3.60. The first-order valence-electron chi connectivity index (χ1n) is 11.1. The zero-order chi connectivity index (χ0) is 22.2. The Bertz CT molecular complexity index is 1180. The van der Waals surface area contributed by atoms with Gasteiger partial charge in [-0.2, -0.15) is 0 Å². The number of carbonyl (C=O) groups is 1. The van der Waals surface area contributed by atoms with Crippen LogP contribution in [0.5, 0.6) is 5.75 Å². The number of nitrogens with zero attached hydrogens (tertiary/aromatic N) is 3. The summed E-state index contributed by atoms with van der Waals surface area (Å²) < 4.78 is 14.6. The highest BCUT2D eigenvalue weighted by atomic mass is 19.1. The number of carbonyl (C=O) groups excluding carboxylic acids is 1. The van der Waals surface area contributed by atoms with Gasteiger partial charge in [-0.15, -0.1) is 0 Å². The van der Waals surface area contributed by atoms with Gasteiger partial charge < -0.3 is 10.0 Å². The van der Waals surface area contributed by atoms with Crippen molar-refractivity contribution in [2.45, 2.75) is 38.1 Å². The van der Waals surface area contributed by atoms with Gasteiger partial charge in [0.2, 0.25) is 5.43 Å². The first-order chi connectivity index (χ1) is 15.6. The van der Waals surface area contributed by atoms with Crippen LogP contribution in [0.25, 0.3) is 0 Å². The summed E-state index contributed by atoms with van der Waals surface area (Å²) in [5.74, 6) is -1.02. The fraction of sp³-hybridized carbons (Fsp3) is 0.360. The lowest BCUT2D eigenvalue weighted by atomic mass is 9.88. The van der Waals surface area contributed by atoms with Gasteiger partial charge in [0, 0.05) is 18.8 Å². The molecule has 1 aromatic carbocycles. The van der Waals surface area contributed by atoms with Crippen molar-refractivity contribution in [3.63, 3.8) is 0 Å². The van der Waals surface area contributed by atoms with Crippen LogP contribution in [-0.2, 0) is 6.42 Å². The molecule has 5 rings (SSSR count). The second kappa shape index (κ2) is 8.30. The molecule has 0 fully saturated rings. The number of pyridine rings is 1. The topological polar surface area (TPSA) is 65.8 Å². The van der Waals surface area contributed by atoms with E-state index in [-0.39, 0.29) is 31.4 Å². The minimum absolute atomic E-state index is 0.0576. The van der Waals surface area contributed by atoms with E-state index in [1.807, 2.05) is 17.1 Å². The molecule has 2 aromatic rings. The van der Waals surface area contributed by atoms with Crippen molar-refractivity contribution in [1.82, 2.24) is 9.58 Å². The van der Waals surface area contributed by atoms with E-state index in [1.54, 1.807) is 10.9 Å². The zero-order valence-corrected chi connectivity index (χ0v) is 17.8. The van der Waals surface area contributed by atoms with Crippen molar-refractivity contribution < 1.29 is 14.3 Å². The van der Waals surface area contributed by atoms with E-state index >= 15 is 0 Å². The van der Waals surface area contributed by atoms with Crippen LogP contribution < -0.4 is 10.4 Å². The summed E-state index contributed by atoms with van der Waals surface area (Å²) in [5.41, 5.74) is 4.35. The van der Waals surface area contributed by atoms with E-state index in [2.05, 4.69) is 24.3 Å². The number of hydrogen-bond acceptors (Lipinski definition) is 4. The molecule has 7 heteroatoms. The van der Waals surface area contributed by atoms with Crippen LogP contribution in [-0.4, -0.2) is 40.5 Å². The number of rotatable bonds is 4. The molecule has 166 valence electrons. The molecule has 32 heavy (non-hydrogen) atoms. The van der Waals surface area contributed by atoms with Crippen molar-refractivity contribution >= 4 is 5.91 Å². The number of fused-ring (bicyclic) bond motifs is 2. The van der Waals surface area contributed by atoms with Crippen LogP contribution >= 0.6 is 0 Å². The Morgan fingerprint density at radius 1 is 1.09 bits per heavy atom. The van der Waals surface area contributed by atoms with Gasteiger partial charge in [0.1, 0.15) is 6.67 Å². The molecule has 1 amide bonds. The van der Waals surface area contributed by atoms with Crippen LogP contribution in [0.1, 0.15) is 53.3 Å². The van der Waals surface area contributed by atoms with Crippen LogP contribution in [0.15, 0.2) is 64.6 Å². The van der Waals surface area contributed by atoms with E-state index < -0.39 is 23.8 Å². The smallest absolute Gasteiger partial charge is 0.277 e. The van der Waals surface area contributed by atoms with Crippen molar-refractivity contribution in [2.24, 2.45) is 0 Å². The minimum atomic E-state index is -0.598. The third-order valence-corrected chi connectivity index (χ3v) is 6.65. The summed E-state index contributed by atoms with van der Waals surface area (Å²) in [6.07, 6.45) is 9.90. The molecule has 0 bridgehead atoms. The van der Waals surface area contributed by atoms with Crippen LogP contribution in [0, 0.1) is 0 Å². The second-order valence-corrected chi connectivity index (χ2v) is 8.51. The first kappa shape index (κ1) is 20.5. The van der Waals surface area contributed by atoms with Crippen molar-refractivity contribution in [3.8, 4) is 5.75 Å². The number of allylic oxidation sites excluding steroid dienone is 3. The number of aryl methyl sites for hydroxylation is 1. The van der Waals surface area contributed by atoms with Crippen LogP contribution in [0.2, 0.25) is 0 Å². The molecule has 1 aromatic heterocycles. The lowest BCUT2D eigenvalue weighted by Crippen LogP contribution is -2.56. The average molecular weight is 435 g/mol. The molecule has 1 unspecified atom stereocenters. The Hall–Kier alpha value is -3.35. The largest absolute Gasteiger partial charge is 0.502 e.